The number of imidazole rings is 1. The summed E-state index contributed by atoms with van der Waals surface area (Å²) in [5, 5.41) is 6.71. The van der Waals surface area contributed by atoms with Gasteiger partial charge in [0.25, 0.3) is 0 Å². The number of hydrogen-bond donors (Lipinski definition) is 3. The summed E-state index contributed by atoms with van der Waals surface area (Å²) >= 11 is 0. The maximum atomic E-state index is 4.26. The largest absolute Gasteiger partial charge is 0.345 e. The smallest absolute Gasteiger partial charge is 0.0931 e. The zero-order valence-corrected chi connectivity index (χ0v) is 11.3. The first kappa shape index (κ1) is 13.1. The van der Waals surface area contributed by atoms with E-state index in [1.807, 2.05) is 14.1 Å². The van der Waals surface area contributed by atoms with Gasteiger partial charge < -0.3 is 15.6 Å². The Bertz CT molecular complexity index is 491. The van der Waals surface area contributed by atoms with Gasteiger partial charge in [0.05, 0.1) is 17.4 Å². The number of fused-ring (bicyclic) bond motifs is 1. The van der Waals surface area contributed by atoms with Gasteiger partial charge in [-0.05, 0) is 44.3 Å². The van der Waals surface area contributed by atoms with Gasteiger partial charge in [-0.3, -0.25) is 0 Å². The van der Waals surface area contributed by atoms with E-state index in [-0.39, 0.29) is 0 Å². The fourth-order valence-electron chi connectivity index (χ4n) is 2.58. The van der Waals surface area contributed by atoms with Crippen LogP contribution >= 0.6 is 0 Å². The van der Waals surface area contributed by atoms with Gasteiger partial charge >= 0.3 is 0 Å². The summed E-state index contributed by atoms with van der Waals surface area (Å²) in [6, 6.07) is 6.82. The number of H-pyrrole nitrogens is 1. The van der Waals surface area contributed by atoms with Crippen LogP contribution in [0.3, 0.4) is 0 Å². The molecule has 4 nitrogen and oxygen atoms in total. The van der Waals surface area contributed by atoms with Gasteiger partial charge in [-0.25, -0.2) is 4.98 Å². The van der Waals surface area contributed by atoms with Gasteiger partial charge in [-0.15, -0.1) is 0 Å². The number of nitrogens with one attached hydrogen (secondary N) is 3. The Hall–Kier alpha value is -1.39. The highest BCUT2D eigenvalue weighted by Gasteiger charge is 2.19. The molecule has 0 fully saturated rings. The summed E-state index contributed by atoms with van der Waals surface area (Å²) in [6.07, 6.45) is 2.89. The van der Waals surface area contributed by atoms with E-state index in [1.165, 1.54) is 5.56 Å². The predicted molar refractivity (Wildman–Crippen MR) is 75.6 cm³/mol. The van der Waals surface area contributed by atoms with Gasteiger partial charge in [-0.2, -0.15) is 0 Å². The van der Waals surface area contributed by atoms with Crippen molar-refractivity contribution >= 4 is 11.0 Å². The molecular weight excluding hydrogens is 224 g/mol. The van der Waals surface area contributed by atoms with Crippen molar-refractivity contribution in [3.05, 3.63) is 30.1 Å². The summed E-state index contributed by atoms with van der Waals surface area (Å²) in [6.45, 7) is 3.25. The van der Waals surface area contributed by atoms with Crippen molar-refractivity contribution in [1.82, 2.24) is 20.6 Å². The van der Waals surface area contributed by atoms with Crippen LogP contribution in [0.15, 0.2) is 24.5 Å². The van der Waals surface area contributed by atoms with Crippen LogP contribution in [0.4, 0.5) is 0 Å². The first-order valence-corrected chi connectivity index (χ1v) is 6.55. The molecule has 0 amide bonds. The lowest BCUT2D eigenvalue weighted by Gasteiger charge is -2.26. The van der Waals surface area contributed by atoms with E-state index in [4.69, 9.17) is 0 Å². The Morgan fingerprint density at radius 1 is 1.33 bits per heavy atom. The Balaban J connectivity index is 2.29. The second-order valence-electron chi connectivity index (χ2n) is 4.67. The zero-order valence-electron chi connectivity index (χ0n) is 11.3. The van der Waals surface area contributed by atoms with Crippen LogP contribution in [0.2, 0.25) is 0 Å². The van der Waals surface area contributed by atoms with E-state index < -0.39 is 0 Å². The molecule has 0 radical (unpaired) electrons. The Labute approximate surface area is 108 Å². The predicted octanol–water partition coefficient (Wildman–Crippen LogP) is 2.07. The van der Waals surface area contributed by atoms with Gasteiger partial charge in [0.2, 0.25) is 0 Å². The number of aromatic nitrogens is 2. The molecule has 0 aliphatic rings. The van der Waals surface area contributed by atoms with Crippen molar-refractivity contribution in [2.24, 2.45) is 5.92 Å². The van der Waals surface area contributed by atoms with E-state index in [9.17, 15) is 0 Å². The highest BCUT2D eigenvalue weighted by atomic mass is 14.9. The quantitative estimate of drug-likeness (QED) is 0.731. The third-order valence-corrected chi connectivity index (χ3v) is 3.58. The van der Waals surface area contributed by atoms with Crippen LogP contribution in [0, 0.1) is 5.92 Å². The SMILES string of the molecule is CCC(CNC)C(NC)c1ccc2nc[nH]c2c1. The molecule has 1 aromatic heterocycles. The summed E-state index contributed by atoms with van der Waals surface area (Å²) in [7, 11) is 4.04. The minimum atomic E-state index is 0.371. The second kappa shape index (κ2) is 5.98. The minimum Gasteiger partial charge on any atom is -0.345 e. The lowest BCUT2D eigenvalue weighted by atomic mass is 9.90. The van der Waals surface area contributed by atoms with Crippen molar-refractivity contribution in [3.63, 3.8) is 0 Å². The van der Waals surface area contributed by atoms with E-state index >= 15 is 0 Å². The van der Waals surface area contributed by atoms with E-state index in [1.54, 1.807) is 6.33 Å². The fourth-order valence-corrected chi connectivity index (χ4v) is 2.58. The minimum absolute atomic E-state index is 0.371. The van der Waals surface area contributed by atoms with Gasteiger partial charge in [0.1, 0.15) is 0 Å². The molecule has 3 N–H and O–H groups in total. The van der Waals surface area contributed by atoms with Gasteiger partial charge in [0, 0.05) is 6.04 Å². The number of nitrogens with zero attached hydrogens (tertiary/aromatic N) is 1. The Morgan fingerprint density at radius 2 is 2.17 bits per heavy atom. The third-order valence-electron chi connectivity index (χ3n) is 3.58. The first-order valence-electron chi connectivity index (χ1n) is 6.55. The van der Waals surface area contributed by atoms with Crippen molar-refractivity contribution in [2.45, 2.75) is 19.4 Å². The average molecular weight is 246 g/mol. The number of aromatic amines is 1. The highest BCUT2D eigenvalue weighted by molar-refractivity contribution is 5.75. The average Bonchev–Trinajstić information content (AvgIpc) is 2.86. The molecule has 18 heavy (non-hydrogen) atoms. The van der Waals surface area contributed by atoms with Crippen LogP contribution in [0.25, 0.3) is 11.0 Å². The molecule has 1 heterocycles. The van der Waals surface area contributed by atoms with Crippen LogP contribution in [0.5, 0.6) is 0 Å². The molecule has 0 aliphatic carbocycles. The van der Waals surface area contributed by atoms with Gasteiger partial charge in [-0.1, -0.05) is 19.4 Å². The number of rotatable bonds is 6. The van der Waals surface area contributed by atoms with Crippen LogP contribution in [0.1, 0.15) is 24.9 Å². The zero-order chi connectivity index (χ0) is 13.0. The standard InChI is InChI=1S/C14H22N4/c1-4-10(8-15-2)14(16-3)11-5-6-12-13(7-11)18-9-17-12/h5-7,9-10,14-16H,4,8H2,1-3H3,(H,17,18). The number of benzene rings is 1. The molecular formula is C14H22N4. The lowest BCUT2D eigenvalue weighted by Crippen LogP contribution is -2.31. The Morgan fingerprint density at radius 3 is 2.83 bits per heavy atom. The molecule has 2 unspecified atom stereocenters. The summed E-state index contributed by atoms with van der Waals surface area (Å²) in [5.41, 5.74) is 3.44. The lowest BCUT2D eigenvalue weighted by molar-refractivity contribution is 0.360. The topological polar surface area (TPSA) is 52.7 Å². The van der Waals surface area contributed by atoms with Crippen molar-refractivity contribution in [1.29, 1.82) is 0 Å². The van der Waals surface area contributed by atoms with Crippen LogP contribution in [-0.2, 0) is 0 Å². The third kappa shape index (κ3) is 2.54. The van der Waals surface area contributed by atoms with Crippen molar-refractivity contribution in [3.8, 4) is 0 Å². The monoisotopic (exact) mass is 246 g/mol. The summed E-state index contributed by atoms with van der Waals surface area (Å²) in [5.74, 6) is 0.584. The maximum Gasteiger partial charge on any atom is 0.0931 e. The highest BCUT2D eigenvalue weighted by Crippen LogP contribution is 2.26. The van der Waals surface area contributed by atoms with E-state index in [0.717, 1.165) is 24.0 Å². The molecule has 4 heteroatoms. The summed E-state index contributed by atoms with van der Waals surface area (Å²) < 4.78 is 0. The fraction of sp³-hybridized carbons (Fsp3) is 0.500. The molecule has 1 aromatic carbocycles. The summed E-state index contributed by atoms with van der Waals surface area (Å²) in [4.78, 5) is 7.43. The van der Waals surface area contributed by atoms with Crippen LogP contribution in [-0.4, -0.2) is 30.6 Å². The molecule has 0 bridgehead atoms. The first-order chi connectivity index (χ1) is 8.80. The number of hydrogen-bond acceptors (Lipinski definition) is 3. The molecule has 2 rings (SSSR count). The van der Waals surface area contributed by atoms with Crippen molar-refractivity contribution < 1.29 is 0 Å². The normalized spacial score (nSPS) is 14.8. The Kier molecular flexibility index (Phi) is 4.33. The van der Waals surface area contributed by atoms with E-state index in [0.29, 0.717) is 12.0 Å². The van der Waals surface area contributed by atoms with Gasteiger partial charge in [0.15, 0.2) is 0 Å². The molecule has 0 saturated carbocycles. The van der Waals surface area contributed by atoms with Crippen molar-refractivity contribution in [2.75, 3.05) is 20.6 Å². The van der Waals surface area contributed by atoms with E-state index in [2.05, 4.69) is 45.7 Å². The molecule has 0 saturated heterocycles. The molecule has 0 aliphatic heterocycles. The van der Waals surface area contributed by atoms with Crippen LogP contribution < -0.4 is 10.6 Å². The molecule has 98 valence electrons. The molecule has 2 aromatic rings. The second-order valence-corrected chi connectivity index (χ2v) is 4.67. The molecule has 2 atom stereocenters. The molecule has 0 spiro atoms. The maximum absolute atomic E-state index is 4.26.